The lowest BCUT2D eigenvalue weighted by atomic mass is 10.1. The van der Waals surface area contributed by atoms with E-state index < -0.39 is 0 Å². The summed E-state index contributed by atoms with van der Waals surface area (Å²) in [6.07, 6.45) is 0.468. The van der Waals surface area contributed by atoms with E-state index in [9.17, 15) is 4.79 Å². The number of para-hydroxylation sites is 3. The zero-order valence-electron chi connectivity index (χ0n) is 19.4. The molecule has 168 valence electrons. The van der Waals surface area contributed by atoms with Gasteiger partial charge in [-0.3, -0.25) is 4.79 Å². The third-order valence-electron chi connectivity index (χ3n) is 6.50. The Morgan fingerprint density at radius 1 is 0.970 bits per heavy atom. The second kappa shape index (κ2) is 8.74. The number of aromatic nitrogens is 2. The summed E-state index contributed by atoms with van der Waals surface area (Å²) in [4.78, 5) is 19.9. The monoisotopic (exact) mass is 439 g/mol. The summed E-state index contributed by atoms with van der Waals surface area (Å²) >= 11 is 0. The molecule has 0 bridgehead atoms. The Balaban J connectivity index is 1.43. The molecule has 0 saturated carbocycles. The lowest BCUT2D eigenvalue weighted by molar-refractivity contribution is -0.117. The summed E-state index contributed by atoms with van der Waals surface area (Å²) in [5.74, 6) is 2.07. The zero-order valence-corrected chi connectivity index (χ0v) is 19.4. The third-order valence-corrected chi connectivity index (χ3v) is 6.50. The maximum absolute atomic E-state index is 13.0. The molecule has 0 unspecified atom stereocenters. The summed E-state index contributed by atoms with van der Waals surface area (Å²) < 4.78 is 8.33. The molecule has 1 atom stereocenters. The molecule has 4 aromatic rings. The fourth-order valence-corrected chi connectivity index (χ4v) is 4.73. The molecule has 1 amide bonds. The zero-order chi connectivity index (χ0) is 22.9. The number of amides is 1. The van der Waals surface area contributed by atoms with E-state index in [1.807, 2.05) is 41.3 Å². The van der Waals surface area contributed by atoms with E-state index in [0.29, 0.717) is 26.1 Å². The van der Waals surface area contributed by atoms with Crippen LogP contribution in [0.4, 0.5) is 5.69 Å². The van der Waals surface area contributed by atoms with Crippen molar-refractivity contribution in [2.24, 2.45) is 0 Å². The van der Waals surface area contributed by atoms with Gasteiger partial charge in [0.2, 0.25) is 5.91 Å². The second-order valence-electron chi connectivity index (χ2n) is 8.92. The van der Waals surface area contributed by atoms with Crippen LogP contribution >= 0.6 is 0 Å². The van der Waals surface area contributed by atoms with Gasteiger partial charge >= 0.3 is 0 Å². The Labute approximate surface area is 194 Å². The Bertz CT molecular complexity index is 1320. The van der Waals surface area contributed by atoms with Crippen molar-refractivity contribution < 1.29 is 9.53 Å². The number of fused-ring (bicyclic) bond motifs is 1. The van der Waals surface area contributed by atoms with Gasteiger partial charge in [0.05, 0.1) is 17.6 Å². The number of carbonyl (C=O) groups excluding carboxylic acids is 1. The molecule has 0 spiro atoms. The normalized spacial score (nSPS) is 16.0. The van der Waals surface area contributed by atoms with Gasteiger partial charge in [0.25, 0.3) is 0 Å². The molecule has 5 rings (SSSR count). The number of benzene rings is 3. The van der Waals surface area contributed by atoms with Gasteiger partial charge in [-0.2, -0.15) is 0 Å². The highest BCUT2D eigenvalue weighted by Gasteiger charge is 2.35. The molecule has 3 aromatic carbocycles. The van der Waals surface area contributed by atoms with E-state index in [0.717, 1.165) is 45.0 Å². The van der Waals surface area contributed by atoms with Gasteiger partial charge in [0.15, 0.2) is 0 Å². The summed E-state index contributed by atoms with van der Waals surface area (Å²) in [5, 5.41) is 0. The van der Waals surface area contributed by atoms with Crippen LogP contribution in [-0.2, 0) is 11.3 Å². The smallest absolute Gasteiger partial charge is 0.227 e. The number of nitrogens with zero attached hydrogens (tertiary/aromatic N) is 3. The highest BCUT2D eigenvalue weighted by atomic mass is 16.5. The minimum atomic E-state index is 0.0447. The molecule has 33 heavy (non-hydrogen) atoms. The lowest BCUT2D eigenvalue weighted by Gasteiger charge is -2.20. The number of ether oxygens (including phenoxy) is 1. The largest absolute Gasteiger partial charge is 0.491 e. The molecular weight excluding hydrogens is 410 g/mol. The highest BCUT2D eigenvalue weighted by molar-refractivity contribution is 5.97. The quantitative estimate of drug-likeness (QED) is 0.395. The summed E-state index contributed by atoms with van der Waals surface area (Å²) in [7, 11) is 0. The van der Waals surface area contributed by atoms with Crippen LogP contribution < -0.4 is 9.64 Å². The van der Waals surface area contributed by atoms with Crippen molar-refractivity contribution in [1.29, 1.82) is 0 Å². The third kappa shape index (κ3) is 4.11. The van der Waals surface area contributed by atoms with E-state index in [1.54, 1.807) is 0 Å². The molecule has 2 heterocycles. The van der Waals surface area contributed by atoms with Gasteiger partial charge in [-0.1, -0.05) is 42.5 Å². The van der Waals surface area contributed by atoms with Gasteiger partial charge in [-0.25, -0.2) is 4.98 Å². The minimum absolute atomic E-state index is 0.0447. The number of carbonyl (C=O) groups is 1. The van der Waals surface area contributed by atoms with E-state index in [4.69, 9.17) is 9.72 Å². The Kier molecular flexibility index (Phi) is 5.63. The molecular formula is C28H29N3O2. The molecule has 5 nitrogen and oxygen atoms in total. The minimum Gasteiger partial charge on any atom is -0.491 e. The van der Waals surface area contributed by atoms with Crippen molar-refractivity contribution in [1.82, 2.24) is 9.55 Å². The first-order valence-corrected chi connectivity index (χ1v) is 11.5. The summed E-state index contributed by atoms with van der Waals surface area (Å²) in [6.45, 7) is 8.05. The van der Waals surface area contributed by atoms with E-state index in [-0.39, 0.29) is 11.8 Å². The fourth-order valence-electron chi connectivity index (χ4n) is 4.73. The van der Waals surface area contributed by atoms with Crippen molar-refractivity contribution >= 4 is 22.6 Å². The molecule has 1 aromatic heterocycles. The molecule has 1 aliphatic rings. The van der Waals surface area contributed by atoms with Crippen LogP contribution in [0, 0.1) is 20.8 Å². The first-order chi connectivity index (χ1) is 16.0. The predicted octanol–water partition coefficient (Wildman–Crippen LogP) is 5.56. The standard InChI is InChI=1S/C28H29N3O2/c1-19-12-13-20(2)25(16-19)31-18-22(17-27(31)32)28-29-23-9-5-6-10-24(23)30(28)14-15-33-26-11-7-4-8-21(26)3/h4-13,16,22H,14-15,17-18H2,1-3H3/t22-/m0/s1. The first kappa shape index (κ1) is 21.3. The van der Waals surface area contributed by atoms with Crippen molar-refractivity contribution in [3.05, 3.63) is 89.2 Å². The summed E-state index contributed by atoms with van der Waals surface area (Å²) in [6, 6.07) is 22.5. The predicted molar refractivity (Wildman–Crippen MR) is 132 cm³/mol. The molecule has 0 N–H and O–H groups in total. The molecule has 5 heteroatoms. The van der Waals surface area contributed by atoms with Crippen LogP contribution in [0.5, 0.6) is 5.75 Å². The van der Waals surface area contributed by atoms with Gasteiger partial charge in [-0.05, 0) is 61.7 Å². The maximum Gasteiger partial charge on any atom is 0.227 e. The van der Waals surface area contributed by atoms with Crippen molar-refractivity contribution in [2.75, 3.05) is 18.1 Å². The average molecular weight is 440 g/mol. The van der Waals surface area contributed by atoms with Crippen LogP contribution in [-0.4, -0.2) is 28.6 Å². The Hall–Kier alpha value is -3.60. The Morgan fingerprint density at radius 2 is 1.76 bits per heavy atom. The lowest BCUT2D eigenvalue weighted by Crippen LogP contribution is -2.25. The van der Waals surface area contributed by atoms with Crippen LogP contribution in [0.1, 0.15) is 34.9 Å². The fraction of sp³-hybridized carbons (Fsp3) is 0.286. The SMILES string of the molecule is Cc1ccc(C)c(N2C[C@@H](c3nc4ccccc4n3CCOc3ccccc3C)CC2=O)c1. The van der Waals surface area contributed by atoms with E-state index in [1.165, 1.54) is 0 Å². The number of anilines is 1. The van der Waals surface area contributed by atoms with Crippen molar-refractivity contribution in [3.8, 4) is 5.75 Å². The van der Waals surface area contributed by atoms with Crippen molar-refractivity contribution in [3.63, 3.8) is 0 Å². The summed E-state index contributed by atoms with van der Waals surface area (Å²) in [5.41, 5.74) is 6.45. The number of hydrogen-bond donors (Lipinski definition) is 0. The van der Waals surface area contributed by atoms with Crippen LogP contribution in [0.15, 0.2) is 66.7 Å². The topological polar surface area (TPSA) is 47.4 Å². The highest BCUT2D eigenvalue weighted by Crippen LogP contribution is 2.35. The van der Waals surface area contributed by atoms with E-state index >= 15 is 0 Å². The molecule has 1 aliphatic heterocycles. The molecule has 0 radical (unpaired) electrons. The van der Waals surface area contributed by atoms with E-state index in [2.05, 4.69) is 55.7 Å². The van der Waals surface area contributed by atoms with Gasteiger partial charge < -0.3 is 14.2 Å². The number of imidazole rings is 1. The van der Waals surface area contributed by atoms with Crippen LogP contribution in [0.2, 0.25) is 0 Å². The molecule has 1 fully saturated rings. The molecule has 0 aliphatic carbocycles. The molecule has 1 saturated heterocycles. The van der Waals surface area contributed by atoms with Gasteiger partial charge in [0, 0.05) is 24.6 Å². The average Bonchev–Trinajstić information content (AvgIpc) is 3.37. The van der Waals surface area contributed by atoms with Crippen LogP contribution in [0.3, 0.4) is 0 Å². The Morgan fingerprint density at radius 3 is 2.61 bits per heavy atom. The van der Waals surface area contributed by atoms with Gasteiger partial charge in [-0.15, -0.1) is 0 Å². The first-order valence-electron chi connectivity index (χ1n) is 11.5. The van der Waals surface area contributed by atoms with Gasteiger partial charge in [0.1, 0.15) is 18.2 Å². The van der Waals surface area contributed by atoms with Crippen molar-refractivity contribution in [2.45, 2.75) is 39.7 Å². The number of aryl methyl sites for hydroxylation is 3. The maximum atomic E-state index is 13.0. The second-order valence-corrected chi connectivity index (χ2v) is 8.92. The van der Waals surface area contributed by atoms with Crippen LogP contribution in [0.25, 0.3) is 11.0 Å². The number of hydrogen-bond acceptors (Lipinski definition) is 3. The number of rotatable bonds is 6.